The van der Waals surface area contributed by atoms with Gasteiger partial charge in [-0.15, -0.1) is 11.3 Å². The molecule has 0 aliphatic carbocycles. The summed E-state index contributed by atoms with van der Waals surface area (Å²) in [5, 5.41) is 4.14. The van der Waals surface area contributed by atoms with Gasteiger partial charge >= 0.3 is 0 Å². The fourth-order valence-electron chi connectivity index (χ4n) is 2.28. The average molecular weight is 399 g/mol. The first-order valence-electron chi connectivity index (χ1n) is 6.89. The molecule has 6 heteroatoms. The van der Waals surface area contributed by atoms with E-state index in [2.05, 4.69) is 21.1 Å². The Hall–Kier alpha value is -1.17. The molecule has 0 amide bonds. The molecule has 1 aromatic carbocycles. The predicted molar refractivity (Wildman–Crippen MR) is 93.1 cm³/mol. The molecule has 0 bridgehead atoms. The van der Waals surface area contributed by atoms with Gasteiger partial charge in [0.2, 0.25) is 0 Å². The maximum absolute atomic E-state index is 12.1. The number of nitrogens with zero attached hydrogens (tertiary/aromatic N) is 1. The number of ketones is 1. The van der Waals surface area contributed by atoms with Gasteiger partial charge in [-0.05, 0) is 36.2 Å². The lowest BCUT2D eigenvalue weighted by Gasteiger charge is -2.06. The van der Waals surface area contributed by atoms with Crippen LogP contribution < -0.4 is 0 Å². The molecular formula is C16H13BrClNO2S. The van der Waals surface area contributed by atoms with E-state index < -0.39 is 0 Å². The number of oxime groups is 1. The van der Waals surface area contributed by atoms with Crippen molar-refractivity contribution in [3.05, 3.63) is 55.6 Å². The van der Waals surface area contributed by atoms with Crippen LogP contribution in [0.4, 0.5) is 0 Å². The number of halogens is 2. The van der Waals surface area contributed by atoms with Crippen molar-refractivity contribution < 1.29 is 9.63 Å². The van der Waals surface area contributed by atoms with E-state index in [1.165, 1.54) is 11.3 Å². The standard InChI is InChI=1S/C16H13BrClNO2S/c17-11-3-1-10(2-4-11)13-9-12(21-19-13)5-6-14(20)15-7-8-16(18)22-15/h1-4,7-8,12H,5-6,9H2. The summed E-state index contributed by atoms with van der Waals surface area (Å²) >= 11 is 10.6. The highest BCUT2D eigenvalue weighted by Gasteiger charge is 2.23. The van der Waals surface area contributed by atoms with Gasteiger partial charge in [0.15, 0.2) is 5.78 Å². The van der Waals surface area contributed by atoms with Crippen LogP contribution in [0.5, 0.6) is 0 Å². The summed E-state index contributed by atoms with van der Waals surface area (Å²) in [4.78, 5) is 18.2. The highest BCUT2D eigenvalue weighted by molar-refractivity contribution is 9.10. The molecule has 0 fully saturated rings. The summed E-state index contributed by atoms with van der Waals surface area (Å²) < 4.78 is 1.67. The van der Waals surface area contributed by atoms with Crippen molar-refractivity contribution in [1.82, 2.24) is 0 Å². The monoisotopic (exact) mass is 397 g/mol. The van der Waals surface area contributed by atoms with Gasteiger partial charge in [-0.3, -0.25) is 4.79 Å². The molecular weight excluding hydrogens is 386 g/mol. The Labute approximate surface area is 146 Å². The zero-order valence-corrected chi connectivity index (χ0v) is 14.7. The Morgan fingerprint density at radius 2 is 2.09 bits per heavy atom. The van der Waals surface area contributed by atoms with Crippen LogP contribution in [-0.4, -0.2) is 17.6 Å². The minimum absolute atomic E-state index is 0.0296. The van der Waals surface area contributed by atoms with E-state index in [0.29, 0.717) is 22.1 Å². The van der Waals surface area contributed by atoms with Crippen LogP contribution in [0.3, 0.4) is 0 Å². The highest BCUT2D eigenvalue weighted by atomic mass is 79.9. The summed E-state index contributed by atoms with van der Waals surface area (Å²) in [7, 11) is 0. The lowest BCUT2D eigenvalue weighted by atomic mass is 10.0. The van der Waals surface area contributed by atoms with E-state index >= 15 is 0 Å². The fraction of sp³-hybridized carbons (Fsp3) is 0.250. The third-order valence-corrected chi connectivity index (χ3v) is 5.25. The van der Waals surface area contributed by atoms with Crippen molar-refractivity contribution in [3.63, 3.8) is 0 Å². The molecule has 0 N–H and O–H groups in total. The van der Waals surface area contributed by atoms with Crippen LogP contribution in [-0.2, 0) is 4.84 Å². The Morgan fingerprint density at radius 3 is 2.77 bits per heavy atom. The van der Waals surface area contributed by atoms with E-state index in [0.717, 1.165) is 22.2 Å². The number of carbonyl (C=O) groups is 1. The molecule has 3 nitrogen and oxygen atoms in total. The van der Waals surface area contributed by atoms with Crippen molar-refractivity contribution in [2.24, 2.45) is 5.16 Å². The lowest BCUT2D eigenvalue weighted by Crippen LogP contribution is -2.11. The summed E-state index contributed by atoms with van der Waals surface area (Å²) in [6.45, 7) is 0. The van der Waals surface area contributed by atoms with E-state index in [-0.39, 0.29) is 11.9 Å². The van der Waals surface area contributed by atoms with Gasteiger partial charge in [-0.2, -0.15) is 0 Å². The molecule has 1 unspecified atom stereocenters. The summed E-state index contributed by atoms with van der Waals surface area (Å²) in [6.07, 6.45) is 1.82. The highest BCUT2D eigenvalue weighted by Crippen LogP contribution is 2.25. The summed E-state index contributed by atoms with van der Waals surface area (Å²) in [5.74, 6) is 0.109. The second-order valence-corrected chi connectivity index (χ2v) is 7.67. The number of benzene rings is 1. The molecule has 0 radical (unpaired) electrons. The van der Waals surface area contributed by atoms with Gasteiger partial charge in [0.1, 0.15) is 6.10 Å². The molecule has 0 saturated heterocycles. The lowest BCUT2D eigenvalue weighted by molar-refractivity contribution is 0.0720. The molecule has 3 rings (SSSR count). The van der Waals surface area contributed by atoms with Crippen molar-refractivity contribution in [3.8, 4) is 0 Å². The molecule has 0 saturated carbocycles. The van der Waals surface area contributed by atoms with Gasteiger partial charge in [0.25, 0.3) is 0 Å². The average Bonchev–Trinajstić information content (AvgIpc) is 3.15. The number of hydrogen-bond acceptors (Lipinski definition) is 4. The molecule has 1 aliphatic rings. The maximum Gasteiger partial charge on any atom is 0.172 e. The molecule has 2 heterocycles. The van der Waals surface area contributed by atoms with E-state index in [1.54, 1.807) is 12.1 Å². The van der Waals surface area contributed by atoms with Crippen molar-refractivity contribution in [2.75, 3.05) is 0 Å². The first kappa shape index (κ1) is 15.7. The first-order valence-corrected chi connectivity index (χ1v) is 8.88. The molecule has 0 spiro atoms. The molecule has 22 heavy (non-hydrogen) atoms. The van der Waals surface area contributed by atoms with Crippen LogP contribution in [0.15, 0.2) is 46.0 Å². The van der Waals surface area contributed by atoms with Crippen LogP contribution in [0.1, 0.15) is 34.5 Å². The van der Waals surface area contributed by atoms with Crippen LogP contribution in [0.2, 0.25) is 4.34 Å². The number of carbonyl (C=O) groups excluding carboxylic acids is 1. The third-order valence-electron chi connectivity index (χ3n) is 3.45. The van der Waals surface area contributed by atoms with Crippen molar-refractivity contribution in [1.29, 1.82) is 0 Å². The normalized spacial score (nSPS) is 17.2. The molecule has 114 valence electrons. The Kier molecular flexibility index (Phi) is 4.96. The number of Topliss-reactive ketones (excluding diaryl/α,β-unsaturated/α-hetero) is 1. The number of hydrogen-bond donors (Lipinski definition) is 0. The van der Waals surface area contributed by atoms with E-state index in [9.17, 15) is 4.79 Å². The second-order valence-electron chi connectivity index (χ2n) is 5.04. The Balaban J connectivity index is 1.52. The topological polar surface area (TPSA) is 38.7 Å². The summed E-state index contributed by atoms with van der Waals surface area (Å²) in [6, 6.07) is 11.5. The second kappa shape index (κ2) is 6.94. The predicted octanol–water partition coefficient (Wildman–Crippen LogP) is 5.32. The van der Waals surface area contributed by atoms with Crippen LogP contribution in [0.25, 0.3) is 0 Å². The van der Waals surface area contributed by atoms with Crippen LogP contribution in [0, 0.1) is 0 Å². The van der Waals surface area contributed by atoms with Gasteiger partial charge in [0.05, 0.1) is 14.9 Å². The quantitative estimate of drug-likeness (QED) is 0.639. The first-order chi connectivity index (χ1) is 10.6. The fourth-order valence-corrected chi connectivity index (χ4v) is 3.55. The van der Waals surface area contributed by atoms with E-state index in [4.69, 9.17) is 16.4 Å². The third kappa shape index (κ3) is 3.77. The Morgan fingerprint density at radius 1 is 1.32 bits per heavy atom. The minimum Gasteiger partial charge on any atom is -0.392 e. The smallest absolute Gasteiger partial charge is 0.172 e. The summed E-state index contributed by atoms with van der Waals surface area (Å²) in [5.41, 5.74) is 1.99. The van der Waals surface area contributed by atoms with Gasteiger partial charge in [-0.1, -0.05) is 44.8 Å². The zero-order chi connectivity index (χ0) is 15.5. The zero-order valence-electron chi connectivity index (χ0n) is 11.6. The van der Waals surface area contributed by atoms with Gasteiger partial charge in [0, 0.05) is 17.3 Å². The Bertz CT molecular complexity index is 711. The molecule has 1 atom stereocenters. The maximum atomic E-state index is 12.1. The number of thiophene rings is 1. The van der Waals surface area contributed by atoms with Crippen LogP contribution >= 0.6 is 38.9 Å². The minimum atomic E-state index is -0.0296. The molecule has 1 aromatic heterocycles. The van der Waals surface area contributed by atoms with Gasteiger partial charge in [-0.25, -0.2) is 0 Å². The van der Waals surface area contributed by atoms with Crippen molar-refractivity contribution in [2.45, 2.75) is 25.4 Å². The van der Waals surface area contributed by atoms with Crippen molar-refractivity contribution >= 4 is 50.4 Å². The molecule has 1 aliphatic heterocycles. The van der Waals surface area contributed by atoms with Gasteiger partial charge < -0.3 is 4.84 Å². The number of rotatable bonds is 5. The molecule has 2 aromatic rings. The SMILES string of the molecule is O=C(CCC1CC(c2ccc(Br)cc2)=NO1)c1ccc(Cl)s1. The van der Waals surface area contributed by atoms with E-state index in [1.807, 2.05) is 24.3 Å². The largest absolute Gasteiger partial charge is 0.392 e.